The molecule has 0 aliphatic carbocycles. The lowest BCUT2D eigenvalue weighted by Crippen LogP contribution is -2.44. The molecule has 0 atom stereocenters. The molecule has 1 fully saturated rings. The second kappa shape index (κ2) is 6.20. The number of nitrogens with one attached hydrogen (secondary N) is 1. The zero-order chi connectivity index (χ0) is 16.5. The Bertz CT molecular complexity index is 833. The third-order valence-electron chi connectivity index (χ3n) is 4.36. The Balaban J connectivity index is 1.90. The van der Waals surface area contributed by atoms with Crippen molar-refractivity contribution in [2.75, 3.05) is 31.1 Å². The van der Waals surface area contributed by atoms with Gasteiger partial charge < -0.3 is 10.2 Å². The van der Waals surface area contributed by atoms with Crippen LogP contribution in [0.2, 0.25) is 0 Å². The molecule has 6 nitrogen and oxygen atoms in total. The fourth-order valence-corrected chi connectivity index (χ4v) is 3.04. The number of anilines is 1. The minimum atomic E-state index is 0.273. The second-order valence-electron chi connectivity index (χ2n) is 6.43. The van der Waals surface area contributed by atoms with Crippen molar-refractivity contribution in [3.63, 3.8) is 0 Å². The maximum Gasteiger partial charge on any atom is 0.168 e. The van der Waals surface area contributed by atoms with Gasteiger partial charge in [0.1, 0.15) is 11.6 Å². The van der Waals surface area contributed by atoms with Crippen molar-refractivity contribution in [3.8, 4) is 5.69 Å². The summed E-state index contributed by atoms with van der Waals surface area (Å²) in [7, 11) is 0. The average Bonchev–Trinajstić information content (AvgIpc) is 3.06. The first kappa shape index (κ1) is 15.1. The van der Waals surface area contributed by atoms with Crippen LogP contribution in [-0.4, -0.2) is 45.9 Å². The molecule has 2 aromatic heterocycles. The van der Waals surface area contributed by atoms with Gasteiger partial charge in [0.05, 0.1) is 17.3 Å². The largest absolute Gasteiger partial charge is 0.353 e. The van der Waals surface area contributed by atoms with Gasteiger partial charge >= 0.3 is 0 Å². The maximum atomic E-state index is 4.86. The monoisotopic (exact) mass is 322 g/mol. The number of aromatic nitrogens is 4. The van der Waals surface area contributed by atoms with E-state index >= 15 is 0 Å². The number of piperazine rings is 1. The molecule has 24 heavy (non-hydrogen) atoms. The zero-order valence-corrected chi connectivity index (χ0v) is 14.1. The molecular formula is C18H22N6. The van der Waals surface area contributed by atoms with E-state index in [-0.39, 0.29) is 5.92 Å². The quantitative estimate of drug-likeness (QED) is 0.802. The summed E-state index contributed by atoms with van der Waals surface area (Å²) >= 11 is 0. The smallest absolute Gasteiger partial charge is 0.168 e. The first-order chi connectivity index (χ1) is 11.7. The molecule has 1 N–H and O–H groups in total. The summed E-state index contributed by atoms with van der Waals surface area (Å²) in [6.07, 6.45) is 1.89. The third-order valence-corrected chi connectivity index (χ3v) is 4.36. The lowest BCUT2D eigenvalue weighted by atomic mass is 10.2. The van der Waals surface area contributed by atoms with Gasteiger partial charge in [-0.05, 0) is 12.1 Å². The molecule has 6 heteroatoms. The van der Waals surface area contributed by atoms with Gasteiger partial charge in [0.2, 0.25) is 0 Å². The molecule has 0 radical (unpaired) electrons. The SMILES string of the molecule is CC(C)c1nc(N2CCNCC2)c2cnn(-c3ccccc3)c2n1. The number of nitrogens with zero attached hydrogens (tertiary/aromatic N) is 5. The van der Waals surface area contributed by atoms with Crippen LogP contribution in [0.25, 0.3) is 16.7 Å². The second-order valence-corrected chi connectivity index (χ2v) is 6.43. The lowest BCUT2D eigenvalue weighted by molar-refractivity contribution is 0.584. The third kappa shape index (κ3) is 2.63. The van der Waals surface area contributed by atoms with E-state index in [1.807, 2.05) is 41.2 Å². The van der Waals surface area contributed by atoms with E-state index in [2.05, 4.69) is 29.2 Å². The Hall–Kier alpha value is -2.47. The van der Waals surface area contributed by atoms with Gasteiger partial charge in [-0.15, -0.1) is 0 Å². The summed E-state index contributed by atoms with van der Waals surface area (Å²) < 4.78 is 1.91. The first-order valence-corrected chi connectivity index (χ1v) is 8.51. The van der Waals surface area contributed by atoms with Crippen LogP contribution in [0.15, 0.2) is 36.5 Å². The number of hydrogen-bond acceptors (Lipinski definition) is 5. The standard InChI is InChI=1S/C18H22N6/c1-13(2)16-21-17(23-10-8-19-9-11-23)15-12-20-24(18(15)22-16)14-6-4-3-5-7-14/h3-7,12-13,19H,8-11H2,1-2H3. The van der Waals surface area contributed by atoms with E-state index in [1.54, 1.807) is 0 Å². The average molecular weight is 322 g/mol. The summed E-state index contributed by atoms with van der Waals surface area (Å²) in [6.45, 7) is 8.14. The minimum Gasteiger partial charge on any atom is -0.353 e. The predicted molar refractivity (Wildman–Crippen MR) is 95.8 cm³/mol. The Labute approximate surface area is 141 Å². The van der Waals surface area contributed by atoms with Crippen molar-refractivity contribution in [2.24, 2.45) is 0 Å². The molecule has 0 unspecified atom stereocenters. The molecule has 0 saturated carbocycles. The van der Waals surface area contributed by atoms with Crippen LogP contribution >= 0.6 is 0 Å². The molecule has 0 bridgehead atoms. The highest BCUT2D eigenvalue weighted by Crippen LogP contribution is 2.27. The molecule has 0 spiro atoms. The van der Waals surface area contributed by atoms with Crippen LogP contribution in [0.3, 0.4) is 0 Å². The molecule has 3 aromatic rings. The van der Waals surface area contributed by atoms with Gasteiger partial charge in [0, 0.05) is 32.1 Å². The Morgan fingerprint density at radius 2 is 1.79 bits per heavy atom. The van der Waals surface area contributed by atoms with E-state index in [0.29, 0.717) is 0 Å². The van der Waals surface area contributed by atoms with Crippen molar-refractivity contribution in [1.29, 1.82) is 0 Å². The number of para-hydroxylation sites is 1. The predicted octanol–water partition coefficient (Wildman–Crippen LogP) is 2.35. The fourth-order valence-electron chi connectivity index (χ4n) is 3.04. The summed E-state index contributed by atoms with van der Waals surface area (Å²) in [5.74, 6) is 2.15. The van der Waals surface area contributed by atoms with Crippen LogP contribution in [0.1, 0.15) is 25.6 Å². The minimum absolute atomic E-state index is 0.273. The van der Waals surface area contributed by atoms with Gasteiger partial charge in [-0.25, -0.2) is 14.6 Å². The van der Waals surface area contributed by atoms with E-state index in [1.165, 1.54) is 0 Å². The molecular weight excluding hydrogens is 300 g/mol. The highest BCUT2D eigenvalue weighted by Gasteiger charge is 2.20. The van der Waals surface area contributed by atoms with Gasteiger partial charge in [0.15, 0.2) is 5.65 Å². The summed E-state index contributed by atoms with van der Waals surface area (Å²) in [5.41, 5.74) is 1.90. The highest BCUT2D eigenvalue weighted by atomic mass is 15.3. The number of hydrogen-bond donors (Lipinski definition) is 1. The molecule has 1 saturated heterocycles. The highest BCUT2D eigenvalue weighted by molar-refractivity contribution is 5.88. The van der Waals surface area contributed by atoms with E-state index in [0.717, 1.165) is 54.5 Å². The van der Waals surface area contributed by atoms with E-state index in [9.17, 15) is 0 Å². The summed E-state index contributed by atoms with van der Waals surface area (Å²) in [6, 6.07) is 10.1. The topological polar surface area (TPSA) is 58.9 Å². The zero-order valence-electron chi connectivity index (χ0n) is 14.1. The molecule has 1 aliphatic heterocycles. The summed E-state index contributed by atoms with van der Waals surface area (Å²) in [5, 5.41) is 9.01. The molecule has 4 rings (SSSR count). The Kier molecular flexibility index (Phi) is 3.90. The van der Waals surface area contributed by atoms with Crippen molar-refractivity contribution >= 4 is 16.9 Å². The number of benzene rings is 1. The molecule has 3 heterocycles. The van der Waals surface area contributed by atoms with Gasteiger partial charge in [0.25, 0.3) is 0 Å². The van der Waals surface area contributed by atoms with Crippen LogP contribution in [0.5, 0.6) is 0 Å². The van der Waals surface area contributed by atoms with Crippen LogP contribution in [0.4, 0.5) is 5.82 Å². The lowest BCUT2D eigenvalue weighted by Gasteiger charge is -2.29. The Morgan fingerprint density at radius 3 is 2.50 bits per heavy atom. The van der Waals surface area contributed by atoms with Crippen molar-refractivity contribution in [3.05, 3.63) is 42.4 Å². The van der Waals surface area contributed by atoms with Crippen molar-refractivity contribution < 1.29 is 0 Å². The summed E-state index contributed by atoms with van der Waals surface area (Å²) in [4.78, 5) is 12.0. The number of rotatable bonds is 3. The molecule has 1 aromatic carbocycles. The fraction of sp³-hybridized carbons (Fsp3) is 0.389. The number of fused-ring (bicyclic) bond motifs is 1. The molecule has 124 valence electrons. The van der Waals surface area contributed by atoms with Crippen LogP contribution in [0, 0.1) is 0 Å². The van der Waals surface area contributed by atoms with Gasteiger partial charge in [-0.2, -0.15) is 5.10 Å². The van der Waals surface area contributed by atoms with Crippen molar-refractivity contribution in [2.45, 2.75) is 19.8 Å². The normalized spacial score (nSPS) is 15.4. The maximum absolute atomic E-state index is 4.86. The van der Waals surface area contributed by atoms with Gasteiger partial charge in [-0.3, -0.25) is 0 Å². The first-order valence-electron chi connectivity index (χ1n) is 8.51. The molecule has 1 aliphatic rings. The van der Waals surface area contributed by atoms with E-state index < -0.39 is 0 Å². The van der Waals surface area contributed by atoms with Crippen LogP contribution < -0.4 is 10.2 Å². The van der Waals surface area contributed by atoms with E-state index in [4.69, 9.17) is 9.97 Å². The van der Waals surface area contributed by atoms with Crippen molar-refractivity contribution in [1.82, 2.24) is 25.1 Å². The Morgan fingerprint density at radius 1 is 1.04 bits per heavy atom. The van der Waals surface area contributed by atoms with Crippen LogP contribution in [-0.2, 0) is 0 Å². The van der Waals surface area contributed by atoms with Gasteiger partial charge in [-0.1, -0.05) is 32.0 Å². The molecule has 0 amide bonds.